The average Bonchev–Trinajstić information content (AvgIpc) is 3.19. The number of benzene rings is 2. The average molecular weight is 546 g/mol. The van der Waals surface area contributed by atoms with E-state index in [1.807, 2.05) is 13.8 Å². The van der Waals surface area contributed by atoms with Gasteiger partial charge in [-0.2, -0.15) is 0 Å². The third kappa shape index (κ3) is 8.98. The summed E-state index contributed by atoms with van der Waals surface area (Å²) in [4.78, 5) is 49.5. The lowest BCUT2D eigenvalue weighted by molar-refractivity contribution is -0.119. The van der Waals surface area contributed by atoms with Gasteiger partial charge in [0.15, 0.2) is 6.61 Å². The van der Waals surface area contributed by atoms with Gasteiger partial charge in [0.1, 0.15) is 17.1 Å². The van der Waals surface area contributed by atoms with Gasteiger partial charge < -0.3 is 19.5 Å². The minimum absolute atomic E-state index is 0.268. The third-order valence-corrected chi connectivity index (χ3v) is 5.97. The number of rotatable bonds is 8. The Labute approximate surface area is 227 Å². The molecule has 1 aliphatic heterocycles. The van der Waals surface area contributed by atoms with E-state index in [9.17, 15) is 19.2 Å². The summed E-state index contributed by atoms with van der Waals surface area (Å²) in [6.45, 7) is 9.03. The van der Waals surface area contributed by atoms with Crippen LogP contribution in [0.1, 0.15) is 40.2 Å². The van der Waals surface area contributed by atoms with Crippen LogP contribution in [0.5, 0.6) is 11.5 Å². The number of hydrogen-bond acceptors (Lipinski definition) is 8. The topological polar surface area (TPSA) is 123 Å². The predicted octanol–water partition coefficient (Wildman–Crippen LogP) is 5.00. The van der Waals surface area contributed by atoms with E-state index in [4.69, 9.17) is 14.2 Å². The molecule has 1 fully saturated rings. The highest BCUT2D eigenvalue weighted by Gasteiger charge is 2.31. The second-order valence-electron chi connectivity index (χ2n) is 8.99. The monoisotopic (exact) mass is 545 g/mol. The van der Waals surface area contributed by atoms with Gasteiger partial charge in [-0.05, 0) is 57.0 Å². The molecule has 2 N–H and O–H groups in total. The molecule has 1 heterocycles. The summed E-state index contributed by atoms with van der Waals surface area (Å²) in [7, 11) is 3.05. The number of anilines is 2. The zero-order chi connectivity index (χ0) is 28.5. The van der Waals surface area contributed by atoms with Gasteiger partial charge in [0.2, 0.25) is 5.91 Å². The lowest BCUT2D eigenvalue weighted by atomic mass is 10.1. The van der Waals surface area contributed by atoms with Crippen LogP contribution < -0.4 is 25.0 Å². The van der Waals surface area contributed by atoms with Crippen molar-refractivity contribution in [3.8, 4) is 11.5 Å². The Morgan fingerprint density at radius 1 is 1.05 bits per heavy atom. The Hall–Kier alpha value is -3.73. The summed E-state index contributed by atoms with van der Waals surface area (Å²) in [6.07, 6.45) is -0.172. The van der Waals surface area contributed by atoms with Crippen molar-refractivity contribution in [1.29, 1.82) is 0 Å². The number of imide groups is 1. The van der Waals surface area contributed by atoms with Crippen LogP contribution in [-0.4, -0.2) is 54.8 Å². The fourth-order valence-electron chi connectivity index (χ4n) is 3.25. The second kappa shape index (κ2) is 13.7. The molecule has 1 saturated heterocycles. The number of hydrogen-bond donors (Lipinski definition) is 2. The van der Waals surface area contributed by atoms with Crippen molar-refractivity contribution in [3.05, 3.63) is 48.0 Å². The Morgan fingerprint density at radius 3 is 2.24 bits per heavy atom. The highest BCUT2D eigenvalue weighted by atomic mass is 32.2. The summed E-state index contributed by atoms with van der Waals surface area (Å²) in [5.74, 6) is 0.250. The highest BCUT2D eigenvalue weighted by molar-refractivity contribution is 8.15. The number of carbonyl (C=O) groups excluding carboxylic acids is 4. The molecule has 4 amide bonds. The number of ether oxygens (including phenoxy) is 3. The Morgan fingerprint density at radius 2 is 1.68 bits per heavy atom. The largest absolute Gasteiger partial charge is 0.497 e. The first-order valence-electron chi connectivity index (χ1n) is 12.1. The Bertz CT molecular complexity index is 1150. The van der Waals surface area contributed by atoms with Gasteiger partial charge in [0, 0.05) is 13.1 Å². The normalized spacial score (nSPS) is 14.6. The second-order valence-corrected chi connectivity index (χ2v) is 10.2. The quantitative estimate of drug-likeness (QED) is 0.475. The summed E-state index contributed by atoms with van der Waals surface area (Å²) in [6, 6.07) is 11.9. The number of thioether (sulfide) groups is 1. The minimum atomic E-state index is -0.684. The third-order valence-electron chi connectivity index (χ3n) is 4.99. The summed E-state index contributed by atoms with van der Waals surface area (Å²) >= 11 is 0.973. The van der Waals surface area contributed by atoms with Crippen LogP contribution in [0.25, 0.3) is 0 Å². The maximum Gasteiger partial charge on any atom is 0.414 e. The fourth-order valence-corrected chi connectivity index (χ4v) is 4.11. The molecular formula is C27H35N3O7S. The van der Waals surface area contributed by atoms with E-state index >= 15 is 0 Å². The summed E-state index contributed by atoms with van der Waals surface area (Å²) < 4.78 is 16.3. The zero-order valence-electron chi connectivity index (χ0n) is 22.7. The van der Waals surface area contributed by atoms with E-state index in [1.54, 1.807) is 70.3 Å². The molecule has 2 aromatic rings. The molecule has 1 aliphatic rings. The Balaban J connectivity index is 0.00000247. The van der Waals surface area contributed by atoms with E-state index < -0.39 is 22.9 Å². The standard InChI is InChI=1S/C25H29N3O7S.C2H6/c1-25(2,3)35-24(32)28(4)19-13-17(33-5)10-11-18(19)26-21(29)14-34-16-8-6-15(7-9-16)12-20-22(30)27-23(31)36-20;1-2/h6-11,13,20H,12,14H2,1-5H3,(H,26,29)(H,27,30,31);1-2H3. The van der Waals surface area contributed by atoms with Gasteiger partial charge in [-0.1, -0.05) is 37.7 Å². The molecule has 1 atom stereocenters. The predicted molar refractivity (Wildman–Crippen MR) is 148 cm³/mol. The van der Waals surface area contributed by atoms with Crippen LogP contribution in [0.3, 0.4) is 0 Å². The molecule has 0 saturated carbocycles. The Kier molecular flexibility index (Phi) is 11.0. The molecule has 0 bridgehead atoms. The van der Waals surface area contributed by atoms with Crippen LogP contribution in [0.2, 0.25) is 0 Å². The summed E-state index contributed by atoms with van der Waals surface area (Å²) in [5, 5.41) is 4.23. The number of nitrogens with one attached hydrogen (secondary N) is 2. The number of carbonyl (C=O) groups is 4. The van der Waals surface area contributed by atoms with Crippen molar-refractivity contribution in [3.63, 3.8) is 0 Å². The van der Waals surface area contributed by atoms with Crippen LogP contribution in [0.15, 0.2) is 42.5 Å². The van der Waals surface area contributed by atoms with Gasteiger partial charge in [-0.15, -0.1) is 0 Å². The van der Waals surface area contributed by atoms with Crippen LogP contribution in [-0.2, 0) is 20.7 Å². The molecule has 0 spiro atoms. The zero-order valence-corrected chi connectivity index (χ0v) is 23.6. The molecule has 3 rings (SSSR count). The lowest BCUT2D eigenvalue weighted by Crippen LogP contribution is -2.34. The fraction of sp³-hybridized carbons (Fsp3) is 0.407. The van der Waals surface area contributed by atoms with Crippen LogP contribution in [0.4, 0.5) is 21.0 Å². The first-order valence-corrected chi connectivity index (χ1v) is 13.0. The lowest BCUT2D eigenvalue weighted by Gasteiger charge is -2.26. The van der Waals surface area contributed by atoms with E-state index in [-0.39, 0.29) is 17.8 Å². The number of methoxy groups -OCH3 is 1. The molecule has 2 aromatic carbocycles. The first kappa shape index (κ1) is 30.5. The van der Waals surface area contributed by atoms with E-state index in [0.717, 1.165) is 17.3 Å². The van der Waals surface area contributed by atoms with Crippen molar-refractivity contribution in [2.45, 2.75) is 51.9 Å². The van der Waals surface area contributed by atoms with Gasteiger partial charge in [0.25, 0.3) is 11.1 Å². The van der Waals surface area contributed by atoms with Crippen molar-refractivity contribution in [2.75, 3.05) is 31.0 Å². The summed E-state index contributed by atoms with van der Waals surface area (Å²) in [5.41, 5.74) is 0.961. The van der Waals surface area contributed by atoms with Gasteiger partial charge >= 0.3 is 6.09 Å². The highest BCUT2D eigenvalue weighted by Crippen LogP contribution is 2.31. The molecule has 38 heavy (non-hydrogen) atoms. The van der Waals surface area contributed by atoms with Crippen molar-refractivity contribution in [2.24, 2.45) is 0 Å². The van der Waals surface area contributed by atoms with Crippen molar-refractivity contribution in [1.82, 2.24) is 5.32 Å². The molecule has 0 aliphatic carbocycles. The maximum absolute atomic E-state index is 12.6. The van der Waals surface area contributed by atoms with Gasteiger partial charge in [-0.25, -0.2) is 4.79 Å². The SMILES string of the molecule is CC.COc1ccc(NC(=O)COc2ccc(CC3SC(=O)NC3=O)cc2)c(N(C)C(=O)OC(C)(C)C)c1. The minimum Gasteiger partial charge on any atom is -0.497 e. The van der Waals surface area contributed by atoms with E-state index in [1.165, 1.54) is 12.0 Å². The van der Waals surface area contributed by atoms with E-state index in [2.05, 4.69) is 10.6 Å². The smallest absolute Gasteiger partial charge is 0.414 e. The van der Waals surface area contributed by atoms with Crippen LogP contribution >= 0.6 is 11.8 Å². The first-order chi connectivity index (χ1) is 17.9. The molecule has 10 nitrogen and oxygen atoms in total. The van der Waals surface area contributed by atoms with Crippen molar-refractivity contribution < 1.29 is 33.4 Å². The molecular weight excluding hydrogens is 510 g/mol. The molecule has 0 aromatic heterocycles. The molecule has 206 valence electrons. The van der Waals surface area contributed by atoms with Crippen LogP contribution in [0, 0.1) is 0 Å². The number of amides is 4. The molecule has 1 unspecified atom stereocenters. The van der Waals surface area contributed by atoms with Gasteiger partial charge in [0.05, 0.1) is 23.7 Å². The number of nitrogens with zero attached hydrogens (tertiary/aromatic N) is 1. The van der Waals surface area contributed by atoms with Crippen molar-refractivity contribution >= 4 is 46.3 Å². The maximum atomic E-state index is 12.6. The van der Waals surface area contributed by atoms with E-state index in [0.29, 0.717) is 29.3 Å². The van der Waals surface area contributed by atoms with Gasteiger partial charge in [-0.3, -0.25) is 24.6 Å². The molecule has 0 radical (unpaired) electrons. The molecule has 11 heteroatoms.